The van der Waals surface area contributed by atoms with Crippen molar-refractivity contribution in [2.75, 3.05) is 0 Å². The summed E-state index contributed by atoms with van der Waals surface area (Å²) in [6, 6.07) is 8.72. The predicted molar refractivity (Wildman–Crippen MR) is 105 cm³/mol. The molecule has 2 aromatic rings. The minimum atomic E-state index is -4.48. The largest absolute Gasteiger partial charge is 0.499 e. The zero-order valence-corrected chi connectivity index (χ0v) is 17.0. The Morgan fingerprint density at radius 2 is 1.63 bits per heavy atom. The Bertz CT molecular complexity index is 1160. The predicted octanol–water partition coefficient (Wildman–Crippen LogP) is 3.56. The summed E-state index contributed by atoms with van der Waals surface area (Å²) in [4.78, 5) is 2.61. The van der Waals surface area contributed by atoms with Crippen molar-refractivity contribution in [3.05, 3.63) is 47.0 Å². The van der Waals surface area contributed by atoms with Crippen LogP contribution in [0.1, 0.15) is 43.2 Å². The highest BCUT2D eigenvalue weighted by Crippen LogP contribution is 2.30. The second-order valence-electron chi connectivity index (χ2n) is 7.14. The number of nitrogens with zero attached hydrogens (tertiary/aromatic N) is 2. The molecule has 6 nitrogen and oxygen atoms in total. The number of fused-ring (bicyclic) bond motifs is 1. The monoisotopic (exact) mass is 406 g/mol. The van der Waals surface area contributed by atoms with Crippen LogP contribution >= 0.6 is 0 Å². The van der Waals surface area contributed by atoms with Crippen LogP contribution in [0.2, 0.25) is 0 Å². The van der Waals surface area contributed by atoms with Crippen LogP contribution in [0.4, 0.5) is 0 Å². The summed E-state index contributed by atoms with van der Waals surface area (Å²) in [7, 11) is -8.72. The van der Waals surface area contributed by atoms with E-state index in [-0.39, 0.29) is 4.90 Å². The minimum absolute atomic E-state index is 0.147. The molecule has 0 aromatic heterocycles. The van der Waals surface area contributed by atoms with Gasteiger partial charge >= 0.3 is 4.38 Å². The maximum atomic E-state index is 13.1. The van der Waals surface area contributed by atoms with Gasteiger partial charge in [0.15, 0.2) is 0 Å². The summed E-state index contributed by atoms with van der Waals surface area (Å²) in [6.45, 7) is 3.55. The Morgan fingerprint density at radius 3 is 2.26 bits per heavy atom. The summed E-state index contributed by atoms with van der Waals surface area (Å²) >= 11 is 0. The highest BCUT2D eigenvalue weighted by molar-refractivity contribution is 8.31. The molecule has 0 amide bonds. The third-order valence-electron chi connectivity index (χ3n) is 5.13. The van der Waals surface area contributed by atoms with Crippen molar-refractivity contribution in [2.45, 2.75) is 56.1 Å². The van der Waals surface area contributed by atoms with Crippen LogP contribution in [-0.4, -0.2) is 31.3 Å². The smallest absolute Gasteiger partial charge is 0.359 e. The van der Waals surface area contributed by atoms with E-state index in [1.807, 2.05) is 19.1 Å². The number of aryl methyl sites for hydroxylation is 2. The molecule has 0 spiro atoms. The fourth-order valence-electron chi connectivity index (χ4n) is 3.68. The van der Waals surface area contributed by atoms with Crippen molar-refractivity contribution < 1.29 is 21.6 Å². The van der Waals surface area contributed by atoms with Gasteiger partial charge in [0.2, 0.25) is 0 Å². The zero-order valence-electron chi connectivity index (χ0n) is 15.3. The lowest BCUT2D eigenvalue weighted by molar-refractivity contribution is 0.00370. The van der Waals surface area contributed by atoms with Crippen LogP contribution in [0.15, 0.2) is 35.2 Å². The highest BCUT2D eigenvalue weighted by atomic mass is 32.3. The summed E-state index contributed by atoms with van der Waals surface area (Å²) in [6.07, 6.45) is 3.13. The molecule has 1 aliphatic carbocycles. The molecule has 27 heavy (non-hydrogen) atoms. The average molecular weight is 407 g/mol. The second-order valence-corrected chi connectivity index (χ2v) is 11.4. The molecule has 0 unspecified atom stereocenters. The topological polar surface area (TPSA) is 105 Å². The van der Waals surface area contributed by atoms with E-state index in [4.69, 9.17) is 0 Å². The van der Waals surface area contributed by atoms with Gasteiger partial charge in [0, 0.05) is 0 Å². The fraction of sp³-hybridized carbons (Fsp3) is 0.421. The van der Waals surface area contributed by atoms with E-state index >= 15 is 0 Å². The van der Waals surface area contributed by atoms with Crippen LogP contribution in [0.3, 0.4) is 0 Å². The second kappa shape index (κ2) is 7.19. The molecule has 144 valence electrons. The SMILES string of the molecule is Cc1ccc2cc(S(=O)(=O)C(=[N+]=[N-])S(=O)(=O)C3CCCCC3)c(C)cc2c1. The maximum Gasteiger partial charge on any atom is 0.499 e. The number of hydrogen-bond donors (Lipinski definition) is 0. The molecule has 8 heteroatoms. The molecule has 1 fully saturated rings. The van der Waals surface area contributed by atoms with Crippen LogP contribution in [0.5, 0.6) is 0 Å². The molecule has 0 heterocycles. The third-order valence-corrected chi connectivity index (χ3v) is 9.96. The van der Waals surface area contributed by atoms with Crippen molar-refractivity contribution in [1.29, 1.82) is 0 Å². The molecule has 2 aromatic carbocycles. The van der Waals surface area contributed by atoms with Crippen LogP contribution in [0, 0.1) is 13.8 Å². The van der Waals surface area contributed by atoms with E-state index in [1.165, 1.54) is 6.07 Å². The van der Waals surface area contributed by atoms with Gasteiger partial charge in [0.25, 0.3) is 19.7 Å². The van der Waals surface area contributed by atoms with Gasteiger partial charge in [-0.2, -0.15) is 0 Å². The zero-order chi connectivity index (χ0) is 19.8. The van der Waals surface area contributed by atoms with E-state index in [1.54, 1.807) is 19.1 Å². The van der Waals surface area contributed by atoms with Gasteiger partial charge in [0.1, 0.15) is 0 Å². The van der Waals surface area contributed by atoms with Crippen LogP contribution < -0.4 is 0 Å². The maximum absolute atomic E-state index is 13.1. The van der Waals surface area contributed by atoms with Gasteiger partial charge in [0.05, 0.1) is 10.1 Å². The quantitative estimate of drug-likeness (QED) is 0.329. The summed E-state index contributed by atoms with van der Waals surface area (Å²) in [5, 5.41) is 0.719. The Hall–Kier alpha value is -2.02. The van der Waals surface area contributed by atoms with Gasteiger partial charge in [-0.1, -0.05) is 49.1 Å². The van der Waals surface area contributed by atoms with Crippen molar-refractivity contribution in [3.63, 3.8) is 0 Å². The van der Waals surface area contributed by atoms with Crippen LogP contribution in [-0.2, 0) is 19.7 Å². The molecular formula is C19H22N2O4S2. The minimum Gasteiger partial charge on any atom is -0.359 e. The van der Waals surface area contributed by atoms with E-state index in [0.717, 1.165) is 30.2 Å². The van der Waals surface area contributed by atoms with Gasteiger partial charge in [-0.05, 0) is 49.1 Å². The molecule has 0 bridgehead atoms. The molecule has 0 radical (unpaired) electrons. The van der Waals surface area contributed by atoms with E-state index in [2.05, 4.69) is 4.79 Å². The van der Waals surface area contributed by atoms with Crippen molar-refractivity contribution in [2.24, 2.45) is 0 Å². The fourth-order valence-corrected chi connectivity index (χ4v) is 7.99. The number of rotatable bonds is 2. The van der Waals surface area contributed by atoms with Gasteiger partial charge in [-0.15, -0.1) is 4.79 Å². The first-order valence-corrected chi connectivity index (χ1v) is 11.9. The lowest BCUT2D eigenvalue weighted by Crippen LogP contribution is -2.35. The van der Waals surface area contributed by atoms with E-state index < -0.39 is 29.3 Å². The summed E-state index contributed by atoms with van der Waals surface area (Å²) in [5.74, 6) is 0. The summed E-state index contributed by atoms with van der Waals surface area (Å²) < 4.78 is 50.9. The van der Waals surface area contributed by atoms with Gasteiger partial charge in [-0.3, -0.25) is 0 Å². The Labute approximate surface area is 159 Å². The highest BCUT2D eigenvalue weighted by Gasteiger charge is 2.47. The molecule has 1 saturated carbocycles. The summed E-state index contributed by atoms with van der Waals surface area (Å²) in [5.41, 5.74) is 10.8. The molecule has 0 saturated heterocycles. The van der Waals surface area contributed by atoms with Crippen LogP contribution in [0.25, 0.3) is 16.3 Å². The standard InChI is InChI=1S/C19H22N2O4S2/c1-13-8-9-15-12-18(14(2)11-16(15)10-13)27(24,25)19(21-20)26(22,23)17-6-4-3-5-7-17/h8-12,17H,3-7H2,1-2H3. The molecule has 3 rings (SSSR count). The molecule has 1 aliphatic rings. The normalized spacial score (nSPS) is 16.2. The van der Waals surface area contributed by atoms with Gasteiger partial charge < -0.3 is 5.53 Å². The first kappa shape index (κ1) is 19.7. The Morgan fingerprint density at radius 1 is 0.963 bits per heavy atom. The third kappa shape index (κ3) is 3.57. The lowest BCUT2D eigenvalue weighted by Gasteiger charge is -2.19. The first-order valence-electron chi connectivity index (χ1n) is 8.90. The number of benzene rings is 2. The molecule has 0 atom stereocenters. The van der Waals surface area contributed by atoms with Gasteiger partial charge in [-0.25, -0.2) is 16.8 Å². The number of sulfone groups is 2. The van der Waals surface area contributed by atoms with Crippen molar-refractivity contribution >= 4 is 34.8 Å². The molecular weight excluding hydrogens is 384 g/mol. The first-order chi connectivity index (χ1) is 12.7. The van der Waals surface area contributed by atoms with Crippen molar-refractivity contribution in [3.8, 4) is 0 Å². The average Bonchev–Trinajstić information content (AvgIpc) is 2.61. The molecule has 0 aliphatic heterocycles. The Balaban J connectivity index is 2.14. The van der Waals surface area contributed by atoms with Crippen molar-refractivity contribution in [1.82, 2.24) is 0 Å². The van der Waals surface area contributed by atoms with E-state index in [9.17, 15) is 22.4 Å². The Kier molecular flexibility index (Phi) is 5.25. The molecule has 0 N–H and O–H groups in total. The lowest BCUT2D eigenvalue weighted by atomic mass is 10.0. The number of hydrogen-bond acceptors (Lipinski definition) is 4. The van der Waals surface area contributed by atoms with E-state index in [0.29, 0.717) is 23.8 Å².